The summed E-state index contributed by atoms with van der Waals surface area (Å²) in [4.78, 5) is 2.44. The van der Waals surface area contributed by atoms with E-state index in [0.717, 1.165) is 55.8 Å². The summed E-state index contributed by atoms with van der Waals surface area (Å²) >= 11 is 1.87. The van der Waals surface area contributed by atoms with E-state index in [1.54, 1.807) is 0 Å². The summed E-state index contributed by atoms with van der Waals surface area (Å²) in [5.74, 6) is 0. The SMILES string of the molecule is c1cc(-c2ccc(N(c3ccc(-c4cccc5c4oc4ccccc45)cc3)c3ccc4ccccc4c3)c3c2sc2ccccc23)cc(-n2c3ccccc3c3ccccc32)c1. The Kier molecular flexibility index (Phi) is 7.78. The average Bonchev–Trinajstić information content (AvgIpc) is 4.02. The van der Waals surface area contributed by atoms with Crippen LogP contribution in [0, 0.1) is 0 Å². The molecule has 0 N–H and O–H groups in total. The molecule has 0 unspecified atom stereocenters. The zero-order valence-corrected chi connectivity index (χ0v) is 34.3. The number of nitrogens with zero attached hydrogens (tertiary/aromatic N) is 2. The molecule has 13 aromatic rings. The fourth-order valence-electron chi connectivity index (χ4n) is 9.75. The monoisotopic (exact) mass is 808 g/mol. The molecule has 0 radical (unpaired) electrons. The third-order valence-corrected chi connectivity index (χ3v) is 13.8. The molecule has 4 heteroatoms. The standard InChI is InChI=1S/C58H36N2OS/c1-2-14-39-35-43(32-27-37(39)13-1)59(41-30-28-38(29-31-41)44-21-12-22-49-48-19-5-9-25-54(48)61-57(44)49)53-34-33-45(58-56(53)50-20-6-10-26-55(50)62-58)40-15-11-16-42(36-40)60-51-23-7-3-17-46(51)47-18-4-8-24-52(47)60/h1-36H. The largest absolute Gasteiger partial charge is 0.455 e. The minimum absolute atomic E-state index is 0.905. The zero-order chi connectivity index (χ0) is 40.7. The van der Waals surface area contributed by atoms with Crippen LogP contribution in [0.5, 0.6) is 0 Å². The molecular weight excluding hydrogens is 773 g/mol. The van der Waals surface area contributed by atoms with Gasteiger partial charge in [0.1, 0.15) is 11.2 Å². The number of aromatic nitrogens is 1. The minimum Gasteiger partial charge on any atom is -0.455 e. The second kappa shape index (κ2) is 13.8. The third-order valence-electron chi connectivity index (χ3n) is 12.6. The summed E-state index contributed by atoms with van der Waals surface area (Å²) in [6.45, 7) is 0. The van der Waals surface area contributed by atoms with Crippen molar-refractivity contribution in [1.29, 1.82) is 0 Å². The minimum atomic E-state index is 0.905. The Balaban J connectivity index is 1.01. The first-order valence-corrected chi connectivity index (χ1v) is 21.9. The van der Waals surface area contributed by atoms with Gasteiger partial charge in [-0.2, -0.15) is 0 Å². The molecule has 13 rings (SSSR count). The van der Waals surface area contributed by atoms with Gasteiger partial charge in [0.05, 0.1) is 16.7 Å². The quantitative estimate of drug-likeness (QED) is 0.167. The van der Waals surface area contributed by atoms with E-state index in [0.29, 0.717) is 0 Å². The van der Waals surface area contributed by atoms with Crippen LogP contribution in [-0.4, -0.2) is 4.57 Å². The Morgan fingerprint density at radius 2 is 1.08 bits per heavy atom. The lowest BCUT2D eigenvalue weighted by atomic mass is 9.99. The number of para-hydroxylation sites is 4. The van der Waals surface area contributed by atoms with Crippen LogP contribution in [0.15, 0.2) is 223 Å². The number of hydrogen-bond donors (Lipinski definition) is 0. The number of thiophene rings is 1. The fraction of sp³-hybridized carbons (Fsp3) is 0. The van der Waals surface area contributed by atoms with E-state index in [9.17, 15) is 0 Å². The number of furan rings is 1. The van der Waals surface area contributed by atoms with Crippen molar-refractivity contribution >= 4 is 103 Å². The van der Waals surface area contributed by atoms with Crippen LogP contribution < -0.4 is 4.90 Å². The van der Waals surface area contributed by atoms with Crippen LogP contribution in [-0.2, 0) is 0 Å². The number of anilines is 3. The molecular formula is C58H36N2OS. The van der Waals surface area contributed by atoms with Gasteiger partial charge in [-0.05, 0) is 94.2 Å². The molecule has 0 spiro atoms. The Bertz CT molecular complexity index is 3830. The van der Waals surface area contributed by atoms with Gasteiger partial charge in [0.25, 0.3) is 0 Å². The number of benzene rings is 10. The molecule has 0 saturated carbocycles. The number of hydrogen-bond acceptors (Lipinski definition) is 3. The van der Waals surface area contributed by atoms with Crippen molar-refractivity contribution in [2.75, 3.05) is 4.90 Å². The fourth-order valence-corrected chi connectivity index (χ4v) is 11.0. The Labute approximate surface area is 361 Å². The van der Waals surface area contributed by atoms with Crippen LogP contribution >= 0.6 is 11.3 Å². The van der Waals surface area contributed by atoms with Crippen LogP contribution in [0.3, 0.4) is 0 Å². The Hall–Kier alpha value is -7.92. The molecule has 0 bridgehead atoms. The van der Waals surface area contributed by atoms with Gasteiger partial charge in [-0.15, -0.1) is 11.3 Å². The number of fused-ring (bicyclic) bond motifs is 10. The first-order valence-electron chi connectivity index (χ1n) is 21.1. The molecule has 62 heavy (non-hydrogen) atoms. The molecule has 0 amide bonds. The predicted octanol–water partition coefficient (Wildman–Crippen LogP) is 17.0. The van der Waals surface area contributed by atoms with Crippen LogP contribution in [0.1, 0.15) is 0 Å². The first kappa shape index (κ1) is 34.9. The van der Waals surface area contributed by atoms with E-state index in [-0.39, 0.29) is 0 Å². The molecule has 3 aromatic heterocycles. The normalized spacial score (nSPS) is 11.9. The van der Waals surface area contributed by atoms with Crippen molar-refractivity contribution in [2.24, 2.45) is 0 Å². The zero-order valence-electron chi connectivity index (χ0n) is 33.5. The summed E-state index contributed by atoms with van der Waals surface area (Å²) in [5.41, 5.74) is 13.3. The molecule has 290 valence electrons. The maximum absolute atomic E-state index is 6.48. The smallest absolute Gasteiger partial charge is 0.143 e. The molecule has 3 nitrogen and oxygen atoms in total. The lowest BCUT2D eigenvalue weighted by molar-refractivity contribution is 0.670. The Morgan fingerprint density at radius 3 is 1.90 bits per heavy atom. The van der Waals surface area contributed by atoms with Gasteiger partial charge in [0.15, 0.2) is 0 Å². The molecule has 0 aliphatic heterocycles. The van der Waals surface area contributed by atoms with Crippen molar-refractivity contribution in [3.05, 3.63) is 218 Å². The molecule has 0 aliphatic rings. The van der Waals surface area contributed by atoms with Crippen molar-refractivity contribution < 1.29 is 4.42 Å². The summed E-state index contributed by atoms with van der Waals surface area (Å²) in [6.07, 6.45) is 0. The third kappa shape index (κ3) is 5.37. The van der Waals surface area contributed by atoms with E-state index in [1.165, 1.54) is 63.9 Å². The van der Waals surface area contributed by atoms with Crippen molar-refractivity contribution in [1.82, 2.24) is 4.57 Å². The van der Waals surface area contributed by atoms with Crippen molar-refractivity contribution in [3.63, 3.8) is 0 Å². The van der Waals surface area contributed by atoms with Gasteiger partial charge in [-0.3, -0.25) is 0 Å². The maximum atomic E-state index is 6.48. The molecule has 0 saturated heterocycles. The topological polar surface area (TPSA) is 21.3 Å². The second-order valence-corrected chi connectivity index (χ2v) is 17.1. The average molecular weight is 809 g/mol. The molecule has 0 fully saturated rings. The summed E-state index contributed by atoms with van der Waals surface area (Å²) in [5, 5.41) is 9.71. The molecule has 0 aliphatic carbocycles. The summed E-state index contributed by atoms with van der Waals surface area (Å²) in [7, 11) is 0. The highest BCUT2D eigenvalue weighted by Gasteiger charge is 2.22. The predicted molar refractivity (Wildman–Crippen MR) is 264 cm³/mol. The maximum Gasteiger partial charge on any atom is 0.143 e. The second-order valence-electron chi connectivity index (χ2n) is 16.0. The summed E-state index contributed by atoms with van der Waals surface area (Å²) < 4.78 is 11.4. The van der Waals surface area contributed by atoms with Gasteiger partial charge in [-0.1, -0.05) is 152 Å². The van der Waals surface area contributed by atoms with E-state index < -0.39 is 0 Å². The van der Waals surface area contributed by atoms with Gasteiger partial charge >= 0.3 is 0 Å². The highest BCUT2D eigenvalue weighted by molar-refractivity contribution is 7.26. The van der Waals surface area contributed by atoms with E-state index in [4.69, 9.17) is 4.42 Å². The van der Waals surface area contributed by atoms with Gasteiger partial charge < -0.3 is 13.9 Å². The molecule has 0 atom stereocenters. The lowest BCUT2D eigenvalue weighted by Gasteiger charge is -2.27. The van der Waals surface area contributed by atoms with Crippen LogP contribution in [0.2, 0.25) is 0 Å². The lowest BCUT2D eigenvalue weighted by Crippen LogP contribution is -2.10. The highest BCUT2D eigenvalue weighted by atomic mass is 32.1. The van der Waals surface area contributed by atoms with Gasteiger partial charge in [-0.25, -0.2) is 0 Å². The van der Waals surface area contributed by atoms with E-state index >= 15 is 0 Å². The number of rotatable bonds is 6. The van der Waals surface area contributed by atoms with E-state index in [2.05, 4.69) is 216 Å². The highest BCUT2D eigenvalue weighted by Crippen LogP contribution is 2.49. The first-order chi connectivity index (χ1) is 30.7. The summed E-state index contributed by atoms with van der Waals surface area (Å²) in [6, 6.07) is 79.2. The molecule has 3 heterocycles. The van der Waals surface area contributed by atoms with Gasteiger partial charge in [0, 0.05) is 64.3 Å². The van der Waals surface area contributed by atoms with Crippen LogP contribution in [0.25, 0.3) is 103 Å². The molecule has 10 aromatic carbocycles. The van der Waals surface area contributed by atoms with E-state index in [1.807, 2.05) is 23.5 Å². The van der Waals surface area contributed by atoms with Gasteiger partial charge in [0.2, 0.25) is 0 Å². The van der Waals surface area contributed by atoms with Crippen LogP contribution in [0.4, 0.5) is 17.1 Å². The van der Waals surface area contributed by atoms with Crippen molar-refractivity contribution in [2.45, 2.75) is 0 Å². The van der Waals surface area contributed by atoms with Crippen molar-refractivity contribution in [3.8, 4) is 27.9 Å². The Morgan fingerprint density at radius 1 is 0.419 bits per heavy atom.